The summed E-state index contributed by atoms with van der Waals surface area (Å²) in [6.07, 6.45) is 2.30. The van der Waals surface area contributed by atoms with Gasteiger partial charge in [-0.15, -0.1) is 0 Å². The lowest BCUT2D eigenvalue weighted by Crippen LogP contribution is -1.91. The third-order valence-corrected chi connectivity index (χ3v) is 3.26. The van der Waals surface area contributed by atoms with Gasteiger partial charge in [0.2, 0.25) is 0 Å². The van der Waals surface area contributed by atoms with Crippen LogP contribution < -0.4 is 0 Å². The Labute approximate surface area is 93.5 Å². The van der Waals surface area contributed by atoms with Crippen molar-refractivity contribution in [3.05, 3.63) is 34.0 Å². The van der Waals surface area contributed by atoms with Crippen LogP contribution in [0, 0.1) is 13.8 Å². The summed E-state index contributed by atoms with van der Waals surface area (Å²) in [5.74, 6) is 0. The summed E-state index contributed by atoms with van der Waals surface area (Å²) in [6, 6.07) is 1.94. The maximum Gasteiger partial charge on any atom is 0.134 e. The van der Waals surface area contributed by atoms with E-state index in [9.17, 15) is 0 Å². The van der Waals surface area contributed by atoms with Crippen LogP contribution in [0.1, 0.15) is 16.7 Å². The van der Waals surface area contributed by atoms with Gasteiger partial charge in [0.15, 0.2) is 0 Å². The van der Waals surface area contributed by atoms with Crippen LogP contribution in [-0.4, -0.2) is 11.7 Å². The quantitative estimate of drug-likeness (QED) is 0.850. The van der Waals surface area contributed by atoms with Crippen molar-refractivity contribution in [1.82, 2.24) is 0 Å². The van der Waals surface area contributed by atoms with Crippen molar-refractivity contribution in [2.45, 2.75) is 20.3 Å². The molecule has 1 aromatic heterocycles. The fourth-order valence-electron chi connectivity index (χ4n) is 1.91. The van der Waals surface area contributed by atoms with E-state index in [0.29, 0.717) is 6.42 Å². The zero-order chi connectivity index (χ0) is 11.0. The van der Waals surface area contributed by atoms with E-state index < -0.39 is 0 Å². The fraction of sp³-hybridized carbons (Fsp3) is 0.333. The second-order valence-corrected chi connectivity index (χ2v) is 4.12. The van der Waals surface area contributed by atoms with Crippen LogP contribution in [-0.2, 0) is 6.42 Å². The molecule has 80 valence electrons. The van der Waals surface area contributed by atoms with Gasteiger partial charge in [-0.1, -0.05) is 11.6 Å². The van der Waals surface area contributed by atoms with Gasteiger partial charge in [-0.05, 0) is 37.5 Å². The van der Waals surface area contributed by atoms with Gasteiger partial charge in [0.25, 0.3) is 0 Å². The number of hydrogen-bond donors (Lipinski definition) is 1. The number of aliphatic hydroxyl groups is 1. The zero-order valence-electron chi connectivity index (χ0n) is 8.80. The molecule has 0 bridgehead atoms. The minimum atomic E-state index is 0.125. The summed E-state index contributed by atoms with van der Waals surface area (Å²) >= 11 is 6.18. The molecule has 0 atom stereocenters. The number of benzene rings is 1. The number of halogens is 1. The average Bonchev–Trinajstić information content (AvgIpc) is 2.59. The van der Waals surface area contributed by atoms with E-state index in [1.165, 1.54) is 0 Å². The number of fused-ring (bicyclic) bond motifs is 1. The molecule has 0 radical (unpaired) electrons. The molecule has 2 rings (SSSR count). The molecular weight excluding hydrogens is 212 g/mol. The third kappa shape index (κ3) is 1.64. The Bertz CT molecular complexity index is 500. The van der Waals surface area contributed by atoms with E-state index in [2.05, 4.69) is 0 Å². The van der Waals surface area contributed by atoms with Gasteiger partial charge in [0, 0.05) is 22.6 Å². The largest absolute Gasteiger partial charge is 0.464 e. The number of rotatable bonds is 2. The van der Waals surface area contributed by atoms with Crippen LogP contribution in [0.5, 0.6) is 0 Å². The Balaban J connectivity index is 2.74. The Morgan fingerprint density at radius 1 is 1.40 bits per heavy atom. The predicted molar refractivity (Wildman–Crippen MR) is 61.5 cm³/mol. The second-order valence-electron chi connectivity index (χ2n) is 3.74. The monoisotopic (exact) mass is 224 g/mol. The highest BCUT2D eigenvalue weighted by atomic mass is 35.5. The highest BCUT2D eigenvalue weighted by Gasteiger charge is 2.12. The minimum Gasteiger partial charge on any atom is -0.464 e. The Hall–Kier alpha value is -0.990. The highest BCUT2D eigenvalue weighted by Crippen LogP contribution is 2.32. The van der Waals surface area contributed by atoms with Gasteiger partial charge in [-0.2, -0.15) is 0 Å². The molecule has 0 aliphatic rings. The van der Waals surface area contributed by atoms with Gasteiger partial charge < -0.3 is 9.52 Å². The molecule has 0 fully saturated rings. The lowest BCUT2D eigenvalue weighted by Gasteiger charge is -2.04. The summed E-state index contributed by atoms with van der Waals surface area (Å²) in [5, 5.41) is 10.8. The van der Waals surface area contributed by atoms with Crippen LogP contribution in [0.4, 0.5) is 0 Å². The third-order valence-electron chi connectivity index (χ3n) is 2.67. The molecule has 0 amide bonds. The van der Waals surface area contributed by atoms with Crippen molar-refractivity contribution in [2.24, 2.45) is 0 Å². The number of aliphatic hydroxyl groups excluding tert-OH is 1. The first kappa shape index (κ1) is 10.5. The molecule has 0 spiro atoms. The minimum absolute atomic E-state index is 0.125. The Morgan fingerprint density at radius 3 is 2.80 bits per heavy atom. The first-order valence-electron chi connectivity index (χ1n) is 4.91. The van der Waals surface area contributed by atoms with Crippen LogP contribution in [0.15, 0.2) is 16.7 Å². The van der Waals surface area contributed by atoms with Gasteiger partial charge in [0.1, 0.15) is 5.58 Å². The van der Waals surface area contributed by atoms with Crippen LogP contribution in [0.2, 0.25) is 5.02 Å². The molecule has 1 N–H and O–H groups in total. The van der Waals surface area contributed by atoms with E-state index in [0.717, 1.165) is 32.7 Å². The normalized spacial score (nSPS) is 11.2. The van der Waals surface area contributed by atoms with Crippen molar-refractivity contribution >= 4 is 22.6 Å². The molecular formula is C12H13ClO2. The van der Waals surface area contributed by atoms with Crippen molar-refractivity contribution in [2.75, 3.05) is 6.61 Å². The number of aryl methyl sites for hydroxylation is 2. The van der Waals surface area contributed by atoms with E-state index >= 15 is 0 Å². The molecule has 0 unspecified atom stereocenters. The summed E-state index contributed by atoms with van der Waals surface area (Å²) in [4.78, 5) is 0. The SMILES string of the molecule is Cc1cc2occ(CCO)c2c(C)c1Cl. The first-order chi connectivity index (χ1) is 7.15. The van der Waals surface area contributed by atoms with Gasteiger partial charge in [0.05, 0.1) is 6.26 Å². The van der Waals surface area contributed by atoms with E-state index in [-0.39, 0.29) is 6.61 Å². The highest BCUT2D eigenvalue weighted by molar-refractivity contribution is 6.33. The lowest BCUT2D eigenvalue weighted by molar-refractivity contribution is 0.299. The van der Waals surface area contributed by atoms with E-state index in [1.54, 1.807) is 6.26 Å². The smallest absolute Gasteiger partial charge is 0.134 e. The van der Waals surface area contributed by atoms with Crippen LogP contribution >= 0.6 is 11.6 Å². The molecule has 15 heavy (non-hydrogen) atoms. The fourth-order valence-corrected chi connectivity index (χ4v) is 2.06. The van der Waals surface area contributed by atoms with E-state index in [4.69, 9.17) is 21.1 Å². The summed E-state index contributed by atoms with van der Waals surface area (Å²) in [6.45, 7) is 4.07. The van der Waals surface area contributed by atoms with Crippen LogP contribution in [0.3, 0.4) is 0 Å². The summed E-state index contributed by atoms with van der Waals surface area (Å²) in [7, 11) is 0. The average molecular weight is 225 g/mol. The molecule has 1 aromatic carbocycles. The van der Waals surface area contributed by atoms with Crippen molar-refractivity contribution in [1.29, 1.82) is 0 Å². The zero-order valence-corrected chi connectivity index (χ0v) is 9.56. The van der Waals surface area contributed by atoms with Gasteiger partial charge in [-0.3, -0.25) is 0 Å². The standard InChI is InChI=1S/C12H13ClO2/c1-7-5-10-11(8(2)12(7)13)9(3-4-14)6-15-10/h5-6,14H,3-4H2,1-2H3. The van der Waals surface area contributed by atoms with Gasteiger partial charge in [-0.25, -0.2) is 0 Å². The Morgan fingerprint density at radius 2 is 2.13 bits per heavy atom. The van der Waals surface area contributed by atoms with Crippen molar-refractivity contribution in [3.63, 3.8) is 0 Å². The Kier molecular flexibility index (Phi) is 2.72. The molecule has 0 saturated heterocycles. The second kappa shape index (κ2) is 3.87. The molecule has 0 aliphatic heterocycles. The van der Waals surface area contributed by atoms with E-state index in [1.807, 2.05) is 19.9 Å². The molecule has 3 heteroatoms. The first-order valence-corrected chi connectivity index (χ1v) is 5.29. The molecule has 1 heterocycles. The number of furan rings is 1. The maximum atomic E-state index is 8.94. The summed E-state index contributed by atoms with van der Waals surface area (Å²) in [5.41, 5.74) is 3.92. The predicted octanol–water partition coefficient (Wildman–Crippen LogP) is 3.24. The van der Waals surface area contributed by atoms with Crippen molar-refractivity contribution < 1.29 is 9.52 Å². The molecule has 0 saturated carbocycles. The lowest BCUT2D eigenvalue weighted by atomic mass is 10.0. The topological polar surface area (TPSA) is 33.4 Å². The maximum absolute atomic E-state index is 8.94. The van der Waals surface area contributed by atoms with Crippen molar-refractivity contribution in [3.8, 4) is 0 Å². The molecule has 2 nitrogen and oxygen atoms in total. The van der Waals surface area contributed by atoms with Crippen LogP contribution in [0.25, 0.3) is 11.0 Å². The van der Waals surface area contributed by atoms with Gasteiger partial charge >= 0.3 is 0 Å². The summed E-state index contributed by atoms with van der Waals surface area (Å²) < 4.78 is 5.45. The number of hydrogen-bond acceptors (Lipinski definition) is 2. The molecule has 0 aliphatic carbocycles. The molecule has 2 aromatic rings.